The number of hydrogen-bond donors (Lipinski definition) is 1. The van der Waals surface area contributed by atoms with E-state index in [1.165, 1.54) is 0 Å². The SMILES string of the molecule is C=C(C)C(N)=NCC(COC(C)(C)C)CC(=O)OC(C)(C)C. The van der Waals surface area contributed by atoms with Crippen LogP contribution in [0.15, 0.2) is 17.1 Å². The molecule has 0 bridgehead atoms. The van der Waals surface area contributed by atoms with Crippen molar-refractivity contribution in [2.45, 2.75) is 66.1 Å². The van der Waals surface area contributed by atoms with Crippen molar-refractivity contribution in [3.8, 4) is 0 Å². The maximum atomic E-state index is 12.0. The van der Waals surface area contributed by atoms with Crippen LogP contribution in [-0.4, -0.2) is 36.2 Å². The van der Waals surface area contributed by atoms with Gasteiger partial charge >= 0.3 is 5.97 Å². The van der Waals surface area contributed by atoms with E-state index < -0.39 is 5.60 Å². The Morgan fingerprint density at radius 1 is 1.18 bits per heavy atom. The van der Waals surface area contributed by atoms with Crippen LogP contribution >= 0.6 is 0 Å². The molecule has 0 fully saturated rings. The molecule has 0 aliphatic rings. The van der Waals surface area contributed by atoms with Gasteiger partial charge < -0.3 is 15.2 Å². The largest absolute Gasteiger partial charge is 0.460 e. The number of hydrogen-bond acceptors (Lipinski definition) is 4. The molecule has 0 heterocycles. The summed E-state index contributed by atoms with van der Waals surface area (Å²) in [5.41, 5.74) is 5.73. The number of aliphatic imine (C=N–C) groups is 1. The van der Waals surface area contributed by atoms with E-state index in [1.54, 1.807) is 6.92 Å². The number of ether oxygens (including phenoxy) is 2. The summed E-state index contributed by atoms with van der Waals surface area (Å²) in [6.45, 7) is 17.9. The van der Waals surface area contributed by atoms with E-state index in [0.29, 0.717) is 24.6 Å². The van der Waals surface area contributed by atoms with Crippen molar-refractivity contribution in [3.63, 3.8) is 0 Å². The minimum Gasteiger partial charge on any atom is -0.460 e. The summed E-state index contributed by atoms with van der Waals surface area (Å²) in [5.74, 6) is 0.0797. The molecule has 0 aromatic rings. The highest BCUT2D eigenvalue weighted by molar-refractivity contribution is 5.95. The molecule has 0 radical (unpaired) electrons. The van der Waals surface area contributed by atoms with Crippen LogP contribution in [0, 0.1) is 5.92 Å². The Kier molecular flexibility index (Phi) is 7.81. The first-order chi connectivity index (χ1) is 9.80. The molecule has 1 unspecified atom stereocenters. The van der Waals surface area contributed by atoms with Crippen LogP contribution in [-0.2, 0) is 14.3 Å². The predicted octanol–water partition coefficient (Wildman–Crippen LogP) is 3.08. The summed E-state index contributed by atoms with van der Waals surface area (Å²) in [6, 6.07) is 0. The molecule has 1 atom stereocenters. The average Bonchev–Trinajstić information content (AvgIpc) is 2.28. The predicted molar refractivity (Wildman–Crippen MR) is 91.0 cm³/mol. The van der Waals surface area contributed by atoms with Gasteiger partial charge in [-0.3, -0.25) is 9.79 Å². The lowest BCUT2D eigenvalue weighted by Gasteiger charge is -2.25. The van der Waals surface area contributed by atoms with E-state index in [9.17, 15) is 4.79 Å². The van der Waals surface area contributed by atoms with Gasteiger partial charge in [-0.15, -0.1) is 0 Å². The molecule has 0 aromatic heterocycles. The van der Waals surface area contributed by atoms with Crippen molar-refractivity contribution in [2.75, 3.05) is 13.2 Å². The second kappa shape index (κ2) is 8.32. The fourth-order valence-electron chi connectivity index (χ4n) is 1.53. The van der Waals surface area contributed by atoms with Gasteiger partial charge in [0.15, 0.2) is 0 Å². The molecule has 0 saturated carbocycles. The normalized spacial score (nSPS) is 14.6. The molecule has 0 amide bonds. The smallest absolute Gasteiger partial charge is 0.306 e. The standard InChI is InChI=1S/C17H32N2O3/c1-12(2)15(18)19-10-13(11-21-16(3,4)5)9-14(20)22-17(6,7)8/h13H,1,9-11H2,2-8H3,(H2,18,19). The minimum atomic E-state index is -0.494. The van der Waals surface area contributed by atoms with Crippen molar-refractivity contribution < 1.29 is 14.3 Å². The first kappa shape index (κ1) is 20.6. The molecule has 0 spiro atoms. The second-order valence-electron chi connectivity index (χ2n) is 7.59. The Balaban J connectivity index is 4.75. The third-order valence-electron chi connectivity index (χ3n) is 2.58. The van der Waals surface area contributed by atoms with E-state index in [1.807, 2.05) is 41.5 Å². The zero-order chi connectivity index (χ0) is 17.6. The fraction of sp³-hybridized carbons (Fsp3) is 0.765. The first-order valence-corrected chi connectivity index (χ1v) is 7.62. The molecular weight excluding hydrogens is 280 g/mol. The van der Waals surface area contributed by atoms with Crippen LogP contribution in [0.5, 0.6) is 0 Å². The Labute approximate surface area is 135 Å². The molecular formula is C17H32N2O3. The fourth-order valence-corrected chi connectivity index (χ4v) is 1.53. The number of rotatable bonds is 7. The van der Waals surface area contributed by atoms with Crippen molar-refractivity contribution in [1.29, 1.82) is 0 Å². The van der Waals surface area contributed by atoms with E-state index in [-0.39, 0.29) is 23.9 Å². The van der Waals surface area contributed by atoms with Crippen LogP contribution in [0.1, 0.15) is 54.9 Å². The number of amidine groups is 1. The highest BCUT2D eigenvalue weighted by Gasteiger charge is 2.22. The van der Waals surface area contributed by atoms with Crippen LogP contribution in [0.25, 0.3) is 0 Å². The lowest BCUT2D eigenvalue weighted by molar-refractivity contribution is -0.157. The Morgan fingerprint density at radius 3 is 2.14 bits per heavy atom. The third-order valence-corrected chi connectivity index (χ3v) is 2.58. The van der Waals surface area contributed by atoms with Crippen LogP contribution in [0.3, 0.4) is 0 Å². The molecule has 0 aliphatic heterocycles. The lowest BCUT2D eigenvalue weighted by Crippen LogP contribution is -2.30. The van der Waals surface area contributed by atoms with Gasteiger partial charge in [-0.2, -0.15) is 0 Å². The Bertz CT molecular complexity index is 415. The van der Waals surface area contributed by atoms with E-state index in [2.05, 4.69) is 11.6 Å². The number of carbonyl (C=O) groups excluding carboxylic acids is 1. The van der Waals surface area contributed by atoms with Crippen LogP contribution < -0.4 is 5.73 Å². The number of esters is 1. The summed E-state index contributed by atoms with van der Waals surface area (Å²) in [6.07, 6.45) is 0.250. The van der Waals surface area contributed by atoms with Crippen molar-refractivity contribution in [1.82, 2.24) is 0 Å². The maximum absolute atomic E-state index is 12.0. The minimum absolute atomic E-state index is 0.0769. The summed E-state index contributed by atoms with van der Waals surface area (Å²) < 4.78 is 11.1. The van der Waals surface area contributed by atoms with Gasteiger partial charge in [-0.1, -0.05) is 6.58 Å². The maximum Gasteiger partial charge on any atom is 0.306 e. The summed E-state index contributed by atoms with van der Waals surface area (Å²) in [5, 5.41) is 0. The van der Waals surface area contributed by atoms with Gasteiger partial charge in [0.2, 0.25) is 0 Å². The molecule has 5 heteroatoms. The quantitative estimate of drug-likeness (QED) is 0.445. The summed E-state index contributed by atoms with van der Waals surface area (Å²) >= 11 is 0. The molecule has 128 valence electrons. The van der Waals surface area contributed by atoms with Gasteiger partial charge in [-0.05, 0) is 54.0 Å². The highest BCUT2D eigenvalue weighted by Crippen LogP contribution is 2.16. The zero-order valence-corrected chi connectivity index (χ0v) is 15.2. The zero-order valence-electron chi connectivity index (χ0n) is 15.2. The molecule has 5 nitrogen and oxygen atoms in total. The molecule has 22 heavy (non-hydrogen) atoms. The van der Waals surface area contributed by atoms with E-state index >= 15 is 0 Å². The van der Waals surface area contributed by atoms with Gasteiger partial charge in [-0.25, -0.2) is 0 Å². The topological polar surface area (TPSA) is 73.9 Å². The van der Waals surface area contributed by atoms with Gasteiger partial charge in [0.25, 0.3) is 0 Å². The Hall–Kier alpha value is -1.36. The highest BCUT2D eigenvalue weighted by atomic mass is 16.6. The van der Waals surface area contributed by atoms with Crippen LogP contribution in [0.2, 0.25) is 0 Å². The van der Waals surface area contributed by atoms with E-state index in [0.717, 1.165) is 0 Å². The van der Waals surface area contributed by atoms with Crippen LogP contribution in [0.4, 0.5) is 0 Å². The van der Waals surface area contributed by atoms with Gasteiger partial charge in [0.1, 0.15) is 11.4 Å². The number of nitrogens with zero attached hydrogens (tertiary/aromatic N) is 1. The van der Waals surface area contributed by atoms with E-state index in [4.69, 9.17) is 15.2 Å². The van der Waals surface area contributed by atoms with Gasteiger partial charge in [0, 0.05) is 12.5 Å². The monoisotopic (exact) mass is 312 g/mol. The molecule has 0 rings (SSSR count). The summed E-state index contributed by atoms with van der Waals surface area (Å²) in [4.78, 5) is 16.3. The molecule has 0 saturated heterocycles. The van der Waals surface area contributed by atoms with Crippen molar-refractivity contribution >= 4 is 11.8 Å². The average molecular weight is 312 g/mol. The lowest BCUT2D eigenvalue weighted by atomic mass is 10.1. The second-order valence-corrected chi connectivity index (χ2v) is 7.59. The van der Waals surface area contributed by atoms with Gasteiger partial charge in [0.05, 0.1) is 18.6 Å². The molecule has 0 aromatic carbocycles. The summed E-state index contributed by atoms with van der Waals surface area (Å²) in [7, 11) is 0. The Morgan fingerprint density at radius 2 is 1.73 bits per heavy atom. The molecule has 0 aliphatic carbocycles. The number of nitrogens with two attached hydrogens (primary N) is 1. The number of carbonyl (C=O) groups is 1. The third kappa shape index (κ3) is 11.3. The van der Waals surface area contributed by atoms with Crippen molar-refractivity contribution in [3.05, 3.63) is 12.2 Å². The first-order valence-electron chi connectivity index (χ1n) is 7.62. The van der Waals surface area contributed by atoms with Crippen molar-refractivity contribution in [2.24, 2.45) is 16.6 Å². The molecule has 2 N–H and O–H groups in total.